The number of esters is 1. The van der Waals surface area contributed by atoms with Crippen LogP contribution < -0.4 is 0 Å². The molecule has 1 aromatic rings. The van der Waals surface area contributed by atoms with Crippen LogP contribution in [0, 0.1) is 0 Å². The monoisotopic (exact) mass is 252 g/mol. The third-order valence-electron chi connectivity index (χ3n) is 2.32. The molecule has 1 rings (SSSR count). The third-order valence-corrected chi connectivity index (χ3v) is 2.32. The van der Waals surface area contributed by atoms with Crippen molar-refractivity contribution in [1.29, 1.82) is 0 Å². The Morgan fingerprint density at radius 2 is 1.83 bits per heavy atom. The highest BCUT2D eigenvalue weighted by Gasteiger charge is 2.08. The molecule has 0 saturated carbocycles. The maximum absolute atomic E-state index is 11.1. The summed E-state index contributed by atoms with van der Waals surface area (Å²) in [5, 5.41) is 27.7. The smallest absolute Gasteiger partial charge is 0.333 e. The van der Waals surface area contributed by atoms with E-state index >= 15 is 0 Å². The fraction of sp³-hybridized carbons (Fsp3) is 0.308. The molecule has 0 unspecified atom stereocenters. The van der Waals surface area contributed by atoms with E-state index in [-0.39, 0.29) is 18.1 Å². The molecule has 0 radical (unpaired) electrons. The molecule has 0 aliphatic rings. The molecule has 98 valence electrons. The predicted octanol–water partition coefficient (Wildman–Crippen LogP) is 1.86. The summed E-state index contributed by atoms with van der Waals surface area (Å²) < 4.78 is 4.90. The maximum atomic E-state index is 11.1. The molecule has 5 heteroatoms. The Labute approximate surface area is 105 Å². The summed E-state index contributed by atoms with van der Waals surface area (Å²) in [6.45, 7) is 5.25. The van der Waals surface area contributed by atoms with Crippen molar-refractivity contribution in [3.05, 3.63) is 29.8 Å². The Morgan fingerprint density at radius 3 is 2.33 bits per heavy atom. The Kier molecular flexibility index (Phi) is 4.59. The van der Waals surface area contributed by atoms with E-state index in [1.54, 1.807) is 6.92 Å². The van der Waals surface area contributed by atoms with Gasteiger partial charge in [0.25, 0.3) is 0 Å². The highest BCUT2D eigenvalue weighted by molar-refractivity contribution is 5.86. The number of aromatic hydroxyl groups is 3. The molecule has 0 saturated heterocycles. The number of carbonyl (C=O) groups excluding carboxylic acids is 1. The van der Waals surface area contributed by atoms with Gasteiger partial charge >= 0.3 is 5.97 Å². The largest absolute Gasteiger partial charge is 0.504 e. The van der Waals surface area contributed by atoms with Crippen molar-refractivity contribution in [2.24, 2.45) is 0 Å². The molecule has 0 aromatic heterocycles. The summed E-state index contributed by atoms with van der Waals surface area (Å²) in [4.78, 5) is 11.1. The van der Waals surface area contributed by atoms with E-state index in [0.29, 0.717) is 24.0 Å². The molecule has 0 spiro atoms. The predicted molar refractivity (Wildman–Crippen MR) is 65.5 cm³/mol. The van der Waals surface area contributed by atoms with Crippen LogP contribution in [-0.4, -0.2) is 27.9 Å². The van der Waals surface area contributed by atoms with Crippen LogP contribution in [0.25, 0.3) is 0 Å². The van der Waals surface area contributed by atoms with Crippen molar-refractivity contribution in [3.63, 3.8) is 0 Å². The molecule has 18 heavy (non-hydrogen) atoms. The summed E-state index contributed by atoms with van der Waals surface area (Å²) >= 11 is 0. The first-order valence-electron chi connectivity index (χ1n) is 5.48. The minimum atomic E-state index is -0.535. The number of phenolic OH excluding ortho intramolecular Hbond substituents is 3. The van der Waals surface area contributed by atoms with Crippen LogP contribution in [0.15, 0.2) is 24.3 Å². The fourth-order valence-electron chi connectivity index (χ4n) is 1.37. The summed E-state index contributed by atoms with van der Waals surface area (Å²) in [6.07, 6.45) is 1.05. The zero-order chi connectivity index (χ0) is 13.7. The van der Waals surface area contributed by atoms with E-state index in [0.717, 1.165) is 0 Å². The van der Waals surface area contributed by atoms with Gasteiger partial charge in [-0.05, 0) is 37.5 Å². The first-order chi connectivity index (χ1) is 8.41. The normalized spacial score (nSPS) is 10.1. The average molecular weight is 252 g/mol. The van der Waals surface area contributed by atoms with Crippen LogP contribution in [-0.2, 0) is 16.0 Å². The lowest BCUT2D eigenvalue weighted by Gasteiger charge is -2.06. The van der Waals surface area contributed by atoms with Gasteiger partial charge in [0.1, 0.15) is 0 Å². The second-order valence-electron chi connectivity index (χ2n) is 4.00. The molecular formula is C13H16O5. The lowest BCUT2D eigenvalue weighted by molar-refractivity contribution is -0.139. The van der Waals surface area contributed by atoms with Gasteiger partial charge in [-0.15, -0.1) is 0 Å². The van der Waals surface area contributed by atoms with Crippen molar-refractivity contribution in [3.8, 4) is 17.2 Å². The van der Waals surface area contributed by atoms with Gasteiger partial charge < -0.3 is 20.1 Å². The van der Waals surface area contributed by atoms with Crippen molar-refractivity contribution in [2.75, 3.05) is 6.61 Å². The van der Waals surface area contributed by atoms with Crippen LogP contribution in [0.3, 0.4) is 0 Å². The van der Waals surface area contributed by atoms with Gasteiger partial charge in [-0.3, -0.25) is 0 Å². The van der Waals surface area contributed by atoms with Crippen LogP contribution >= 0.6 is 0 Å². The number of rotatable bonds is 5. The molecule has 0 fully saturated rings. The number of hydrogen-bond donors (Lipinski definition) is 3. The number of ether oxygens (including phenoxy) is 1. The zero-order valence-electron chi connectivity index (χ0n) is 10.1. The van der Waals surface area contributed by atoms with Crippen LogP contribution in [0.4, 0.5) is 0 Å². The van der Waals surface area contributed by atoms with Crippen molar-refractivity contribution in [1.82, 2.24) is 0 Å². The SMILES string of the molecule is C=C(C)C(=O)OCCCc1cc(O)c(O)c(O)c1. The van der Waals surface area contributed by atoms with Gasteiger partial charge in [0.2, 0.25) is 0 Å². The van der Waals surface area contributed by atoms with E-state index in [4.69, 9.17) is 9.84 Å². The molecule has 0 amide bonds. The molecular weight excluding hydrogens is 236 g/mol. The Morgan fingerprint density at radius 1 is 1.28 bits per heavy atom. The molecule has 0 aliphatic carbocycles. The second-order valence-corrected chi connectivity index (χ2v) is 4.00. The van der Waals surface area contributed by atoms with Gasteiger partial charge in [0.15, 0.2) is 17.2 Å². The van der Waals surface area contributed by atoms with Gasteiger partial charge in [-0.1, -0.05) is 6.58 Å². The van der Waals surface area contributed by atoms with E-state index < -0.39 is 11.7 Å². The van der Waals surface area contributed by atoms with E-state index in [1.807, 2.05) is 0 Å². The molecule has 0 heterocycles. The van der Waals surface area contributed by atoms with Crippen LogP contribution in [0.1, 0.15) is 18.9 Å². The minimum absolute atomic E-state index is 0.230. The number of aryl methyl sites for hydroxylation is 1. The standard InChI is InChI=1S/C13H16O5/c1-8(2)13(17)18-5-3-4-9-6-10(14)12(16)11(15)7-9/h6-7,14-16H,1,3-5H2,2H3. The second kappa shape index (κ2) is 5.95. The van der Waals surface area contributed by atoms with Gasteiger partial charge in [0.05, 0.1) is 6.61 Å². The summed E-state index contributed by atoms with van der Waals surface area (Å²) in [5.41, 5.74) is 0.990. The lowest BCUT2D eigenvalue weighted by atomic mass is 10.1. The topological polar surface area (TPSA) is 87.0 Å². The summed E-state index contributed by atoms with van der Waals surface area (Å²) in [5.74, 6) is -1.72. The maximum Gasteiger partial charge on any atom is 0.333 e. The minimum Gasteiger partial charge on any atom is -0.504 e. The van der Waals surface area contributed by atoms with E-state index in [1.165, 1.54) is 12.1 Å². The molecule has 0 atom stereocenters. The number of phenols is 3. The first kappa shape index (κ1) is 13.9. The lowest BCUT2D eigenvalue weighted by Crippen LogP contribution is -2.06. The van der Waals surface area contributed by atoms with Crippen molar-refractivity contribution in [2.45, 2.75) is 19.8 Å². The first-order valence-corrected chi connectivity index (χ1v) is 5.48. The average Bonchev–Trinajstić information content (AvgIpc) is 2.31. The quantitative estimate of drug-likeness (QED) is 0.322. The third kappa shape index (κ3) is 3.69. The Bertz CT molecular complexity index is 441. The van der Waals surface area contributed by atoms with Crippen LogP contribution in [0.5, 0.6) is 17.2 Å². The summed E-state index contributed by atoms with van der Waals surface area (Å²) in [6, 6.07) is 2.71. The number of benzene rings is 1. The molecule has 1 aromatic carbocycles. The van der Waals surface area contributed by atoms with Crippen molar-refractivity contribution >= 4 is 5.97 Å². The van der Waals surface area contributed by atoms with E-state index in [2.05, 4.69) is 6.58 Å². The van der Waals surface area contributed by atoms with Crippen molar-refractivity contribution < 1.29 is 24.9 Å². The Hall–Kier alpha value is -2.17. The van der Waals surface area contributed by atoms with E-state index in [9.17, 15) is 15.0 Å². The summed E-state index contributed by atoms with van der Waals surface area (Å²) in [7, 11) is 0. The zero-order valence-corrected chi connectivity index (χ0v) is 10.1. The van der Waals surface area contributed by atoms with Gasteiger partial charge in [-0.2, -0.15) is 0 Å². The Balaban J connectivity index is 2.45. The van der Waals surface area contributed by atoms with Gasteiger partial charge in [-0.25, -0.2) is 4.79 Å². The molecule has 0 bridgehead atoms. The van der Waals surface area contributed by atoms with Gasteiger partial charge in [0, 0.05) is 5.57 Å². The number of hydrogen-bond acceptors (Lipinski definition) is 5. The molecule has 0 aliphatic heterocycles. The highest BCUT2D eigenvalue weighted by Crippen LogP contribution is 2.35. The fourth-order valence-corrected chi connectivity index (χ4v) is 1.37. The molecule has 3 N–H and O–H groups in total. The number of carbonyl (C=O) groups is 1. The van der Waals surface area contributed by atoms with Crippen LogP contribution in [0.2, 0.25) is 0 Å². The molecule has 5 nitrogen and oxygen atoms in total. The highest BCUT2D eigenvalue weighted by atomic mass is 16.5.